The van der Waals surface area contributed by atoms with E-state index in [9.17, 15) is 4.79 Å². The minimum absolute atomic E-state index is 0.215. The molecule has 0 aromatic carbocycles. The zero-order valence-electron chi connectivity index (χ0n) is 12.1. The monoisotopic (exact) mass is 261 g/mol. The maximum atomic E-state index is 12.2. The Labute approximate surface area is 114 Å². The van der Waals surface area contributed by atoms with Crippen molar-refractivity contribution in [2.24, 2.45) is 11.3 Å². The normalized spacial score (nSPS) is 27.6. The molecule has 1 atom stereocenters. The van der Waals surface area contributed by atoms with E-state index in [2.05, 4.69) is 30.3 Å². The average molecular weight is 261 g/mol. The van der Waals surface area contributed by atoms with E-state index in [1.54, 1.807) is 0 Å². The first-order valence-corrected chi connectivity index (χ1v) is 7.29. The number of aromatic nitrogens is 2. The van der Waals surface area contributed by atoms with Crippen LogP contribution in [-0.4, -0.2) is 26.9 Å². The van der Waals surface area contributed by atoms with E-state index < -0.39 is 0 Å². The predicted molar refractivity (Wildman–Crippen MR) is 73.5 cm³/mol. The summed E-state index contributed by atoms with van der Waals surface area (Å²) < 4.78 is 2.15. The predicted octanol–water partition coefficient (Wildman–Crippen LogP) is 2.61. The number of hydrogen-bond acceptors (Lipinski definition) is 2. The highest BCUT2D eigenvalue weighted by atomic mass is 16.2. The summed E-state index contributed by atoms with van der Waals surface area (Å²) in [6.45, 7) is 8.13. The van der Waals surface area contributed by atoms with Gasteiger partial charge < -0.3 is 9.47 Å². The molecule has 1 saturated heterocycles. The minimum atomic E-state index is 0.215. The molecule has 2 heterocycles. The molecule has 104 valence electrons. The average Bonchev–Trinajstić information content (AvgIpc) is 3.03. The Morgan fingerprint density at radius 3 is 2.84 bits per heavy atom. The summed E-state index contributed by atoms with van der Waals surface area (Å²) in [5, 5.41) is 0. The van der Waals surface area contributed by atoms with Crippen LogP contribution >= 0.6 is 0 Å². The van der Waals surface area contributed by atoms with Crippen LogP contribution in [0.5, 0.6) is 0 Å². The smallest absolute Gasteiger partial charge is 0.223 e. The summed E-state index contributed by atoms with van der Waals surface area (Å²) in [6, 6.07) is 0.394. The van der Waals surface area contributed by atoms with Crippen LogP contribution < -0.4 is 0 Å². The third kappa shape index (κ3) is 2.28. The fraction of sp³-hybridized carbons (Fsp3) is 0.733. The Kier molecular flexibility index (Phi) is 2.91. The number of imidazole rings is 1. The van der Waals surface area contributed by atoms with Crippen molar-refractivity contribution in [1.29, 1.82) is 0 Å². The van der Waals surface area contributed by atoms with Gasteiger partial charge in [-0.25, -0.2) is 4.98 Å². The highest BCUT2D eigenvalue weighted by molar-refractivity contribution is 5.79. The molecule has 1 aromatic rings. The lowest BCUT2D eigenvalue weighted by molar-refractivity contribution is -0.128. The first kappa shape index (κ1) is 12.7. The molecule has 1 amide bonds. The van der Waals surface area contributed by atoms with E-state index in [0.29, 0.717) is 18.5 Å². The van der Waals surface area contributed by atoms with Gasteiger partial charge in [-0.1, -0.05) is 6.92 Å². The van der Waals surface area contributed by atoms with Crippen molar-refractivity contribution in [3.8, 4) is 0 Å². The van der Waals surface area contributed by atoms with E-state index >= 15 is 0 Å². The SMILES string of the molecule is CC(C)n1ccnc1CN1CC(C)(C2CC2)CC1=O. The molecule has 0 spiro atoms. The molecule has 4 nitrogen and oxygen atoms in total. The Hall–Kier alpha value is -1.32. The number of carbonyl (C=O) groups is 1. The fourth-order valence-electron chi connectivity index (χ4n) is 3.34. The zero-order valence-corrected chi connectivity index (χ0v) is 12.1. The van der Waals surface area contributed by atoms with Gasteiger partial charge in [0.25, 0.3) is 0 Å². The van der Waals surface area contributed by atoms with E-state index in [-0.39, 0.29) is 5.41 Å². The molecule has 1 aliphatic carbocycles. The number of nitrogens with zero attached hydrogens (tertiary/aromatic N) is 3. The summed E-state index contributed by atoms with van der Waals surface area (Å²) in [4.78, 5) is 18.6. The topological polar surface area (TPSA) is 38.1 Å². The summed E-state index contributed by atoms with van der Waals surface area (Å²) in [6.07, 6.45) is 7.16. The van der Waals surface area contributed by atoms with Crippen molar-refractivity contribution < 1.29 is 4.79 Å². The summed E-state index contributed by atoms with van der Waals surface area (Å²) in [7, 11) is 0. The molecule has 0 N–H and O–H groups in total. The van der Waals surface area contributed by atoms with Crippen LogP contribution in [0.3, 0.4) is 0 Å². The molecule has 1 aromatic heterocycles. The van der Waals surface area contributed by atoms with E-state index in [0.717, 1.165) is 24.7 Å². The van der Waals surface area contributed by atoms with Crippen LogP contribution in [0.4, 0.5) is 0 Å². The van der Waals surface area contributed by atoms with Crippen LogP contribution in [0.2, 0.25) is 0 Å². The van der Waals surface area contributed by atoms with Crippen molar-refractivity contribution in [2.75, 3.05) is 6.54 Å². The van der Waals surface area contributed by atoms with Gasteiger partial charge in [-0.15, -0.1) is 0 Å². The minimum Gasteiger partial charge on any atom is -0.335 e. The van der Waals surface area contributed by atoms with E-state index in [1.807, 2.05) is 17.3 Å². The molecule has 2 aliphatic rings. The van der Waals surface area contributed by atoms with Gasteiger partial charge in [0.05, 0.1) is 6.54 Å². The maximum Gasteiger partial charge on any atom is 0.223 e. The van der Waals surface area contributed by atoms with Gasteiger partial charge >= 0.3 is 0 Å². The second-order valence-corrected chi connectivity index (χ2v) is 6.70. The van der Waals surface area contributed by atoms with Crippen LogP contribution in [0.15, 0.2) is 12.4 Å². The van der Waals surface area contributed by atoms with E-state index in [1.165, 1.54) is 12.8 Å². The van der Waals surface area contributed by atoms with Crippen molar-refractivity contribution >= 4 is 5.91 Å². The number of likely N-dealkylation sites (tertiary alicyclic amines) is 1. The Morgan fingerprint density at radius 1 is 1.47 bits per heavy atom. The van der Waals surface area contributed by atoms with Gasteiger partial charge in [-0.2, -0.15) is 0 Å². The van der Waals surface area contributed by atoms with Gasteiger partial charge in [0.15, 0.2) is 0 Å². The van der Waals surface area contributed by atoms with E-state index in [4.69, 9.17) is 0 Å². The lowest BCUT2D eigenvalue weighted by atomic mass is 9.84. The zero-order chi connectivity index (χ0) is 13.6. The summed E-state index contributed by atoms with van der Waals surface area (Å²) in [5.74, 6) is 2.07. The van der Waals surface area contributed by atoms with Crippen molar-refractivity contribution in [3.05, 3.63) is 18.2 Å². The molecule has 1 aliphatic heterocycles. The molecule has 2 fully saturated rings. The Bertz CT molecular complexity index is 489. The molecule has 0 radical (unpaired) electrons. The number of rotatable bonds is 4. The standard InChI is InChI=1S/C15H23N3O/c1-11(2)18-7-6-16-13(18)9-17-10-15(3,8-14(17)19)12-4-5-12/h6-7,11-12H,4-5,8-10H2,1-3H3. The summed E-state index contributed by atoms with van der Waals surface area (Å²) in [5.41, 5.74) is 0.215. The Balaban J connectivity index is 1.73. The highest BCUT2D eigenvalue weighted by Crippen LogP contribution is 2.50. The number of hydrogen-bond donors (Lipinski definition) is 0. The maximum absolute atomic E-state index is 12.2. The number of amides is 1. The molecule has 0 bridgehead atoms. The molecule has 4 heteroatoms. The molecule has 19 heavy (non-hydrogen) atoms. The van der Waals surface area contributed by atoms with Crippen LogP contribution in [0.25, 0.3) is 0 Å². The van der Waals surface area contributed by atoms with Gasteiger partial charge in [0, 0.05) is 31.4 Å². The second-order valence-electron chi connectivity index (χ2n) is 6.70. The Morgan fingerprint density at radius 2 is 2.21 bits per heavy atom. The lowest BCUT2D eigenvalue weighted by Gasteiger charge is -2.24. The van der Waals surface area contributed by atoms with Gasteiger partial charge in [-0.3, -0.25) is 4.79 Å². The molecule has 3 rings (SSSR count). The first-order valence-electron chi connectivity index (χ1n) is 7.29. The van der Waals surface area contributed by atoms with Crippen LogP contribution in [-0.2, 0) is 11.3 Å². The third-order valence-corrected chi connectivity index (χ3v) is 4.66. The highest BCUT2D eigenvalue weighted by Gasteiger charge is 2.49. The van der Waals surface area contributed by atoms with Gasteiger partial charge in [0.1, 0.15) is 5.82 Å². The van der Waals surface area contributed by atoms with Gasteiger partial charge in [0.2, 0.25) is 5.91 Å². The van der Waals surface area contributed by atoms with Crippen molar-refractivity contribution in [1.82, 2.24) is 14.5 Å². The van der Waals surface area contributed by atoms with Crippen LogP contribution in [0.1, 0.15) is 51.9 Å². The summed E-state index contributed by atoms with van der Waals surface area (Å²) >= 11 is 0. The molecule has 1 saturated carbocycles. The van der Waals surface area contributed by atoms with Crippen molar-refractivity contribution in [3.63, 3.8) is 0 Å². The third-order valence-electron chi connectivity index (χ3n) is 4.66. The molecular weight excluding hydrogens is 238 g/mol. The quantitative estimate of drug-likeness (QED) is 0.835. The second kappa shape index (κ2) is 4.36. The van der Waals surface area contributed by atoms with Crippen LogP contribution in [0, 0.1) is 11.3 Å². The molecular formula is C15H23N3O. The lowest BCUT2D eigenvalue weighted by Crippen LogP contribution is -2.29. The largest absolute Gasteiger partial charge is 0.335 e. The fourth-order valence-corrected chi connectivity index (χ4v) is 3.34. The van der Waals surface area contributed by atoms with Gasteiger partial charge in [-0.05, 0) is 38.0 Å². The van der Waals surface area contributed by atoms with Crippen molar-refractivity contribution in [2.45, 2.75) is 52.6 Å². The first-order chi connectivity index (χ1) is 8.99. The molecule has 1 unspecified atom stereocenters. The number of carbonyl (C=O) groups excluding carboxylic acids is 1.